The number of sulfonamides is 1. The van der Waals surface area contributed by atoms with Crippen LogP contribution in [-0.4, -0.2) is 31.7 Å². The largest absolute Gasteiger partial charge is 0.322 e. The Labute approximate surface area is 173 Å². The first kappa shape index (κ1) is 23.0. The van der Waals surface area contributed by atoms with Crippen LogP contribution in [0, 0.1) is 5.82 Å². The van der Waals surface area contributed by atoms with Gasteiger partial charge in [0, 0.05) is 18.8 Å². The molecule has 0 aliphatic heterocycles. The molecule has 5 nitrogen and oxygen atoms in total. The summed E-state index contributed by atoms with van der Waals surface area (Å²) < 4.78 is 41.5. The molecule has 0 aliphatic rings. The Hall–Kier alpha value is -2.25. The highest BCUT2D eigenvalue weighted by molar-refractivity contribution is 7.89. The highest BCUT2D eigenvalue weighted by Gasteiger charge is 2.25. The van der Waals surface area contributed by atoms with Crippen LogP contribution in [-0.2, 0) is 10.0 Å². The van der Waals surface area contributed by atoms with E-state index >= 15 is 0 Å². The van der Waals surface area contributed by atoms with Crippen molar-refractivity contribution in [2.45, 2.75) is 51.3 Å². The molecule has 2 rings (SSSR count). The molecule has 0 fully saturated rings. The zero-order valence-corrected chi connectivity index (χ0v) is 18.2. The predicted molar refractivity (Wildman–Crippen MR) is 114 cm³/mol. The Morgan fingerprint density at radius 3 is 2.14 bits per heavy atom. The number of nitrogens with zero attached hydrogens (tertiary/aromatic N) is 1. The number of nitrogens with one attached hydrogen (secondary N) is 1. The van der Waals surface area contributed by atoms with Crippen molar-refractivity contribution in [1.29, 1.82) is 0 Å². The lowest BCUT2D eigenvalue weighted by Gasteiger charge is -2.21. The zero-order valence-electron chi connectivity index (χ0n) is 17.4. The van der Waals surface area contributed by atoms with E-state index in [4.69, 9.17) is 0 Å². The van der Waals surface area contributed by atoms with E-state index in [9.17, 15) is 17.6 Å². The fraction of sp³-hybridized carbons (Fsp3) is 0.409. The maximum absolute atomic E-state index is 14.3. The van der Waals surface area contributed by atoms with Gasteiger partial charge in [0.2, 0.25) is 10.0 Å². The van der Waals surface area contributed by atoms with E-state index in [1.165, 1.54) is 10.4 Å². The maximum Gasteiger partial charge on any atom is 0.258 e. The average Bonchev–Trinajstić information content (AvgIpc) is 2.68. The highest BCUT2D eigenvalue weighted by Crippen LogP contribution is 2.22. The molecular weight excluding hydrogens is 391 g/mol. The lowest BCUT2D eigenvalue weighted by atomic mass is 10.0. The molecule has 0 atom stereocenters. The molecule has 0 aliphatic carbocycles. The topological polar surface area (TPSA) is 66.5 Å². The smallest absolute Gasteiger partial charge is 0.258 e. The molecule has 0 bridgehead atoms. The second-order valence-electron chi connectivity index (χ2n) is 7.28. The molecule has 0 spiro atoms. The van der Waals surface area contributed by atoms with E-state index in [1.807, 2.05) is 26.0 Å². The summed E-state index contributed by atoms with van der Waals surface area (Å²) in [5.41, 5.74) is 1.34. The Morgan fingerprint density at radius 1 is 1.03 bits per heavy atom. The second-order valence-corrected chi connectivity index (χ2v) is 9.21. The lowest BCUT2D eigenvalue weighted by Crippen LogP contribution is -2.32. The summed E-state index contributed by atoms with van der Waals surface area (Å²) in [7, 11) is -3.80. The number of halogens is 1. The Bertz CT molecular complexity index is 935. The number of carbonyl (C=O) groups excluding carboxylic acids is 1. The van der Waals surface area contributed by atoms with Gasteiger partial charge in [-0.25, -0.2) is 12.8 Å². The van der Waals surface area contributed by atoms with Crippen LogP contribution in [0.4, 0.5) is 10.1 Å². The van der Waals surface area contributed by atoms with Crippen LogP contribution < -0.4 is 5.32 Å². The van der Waals surface area contributed by atoms with Crippen molar-refractivity contribution in [2.24, 2.45) is 0 Å². The van der Waals surface area contributed by atoms with Crippen LogP contribution in [0.25, 0.3) is 0 Å². The fourth-order valence-electron chi connectivity index (χ4n) is 2.99. The quantitative estimate of drug-likeness (QED) is 0.620. The molecule has 158 valence electrons. The molecule has 0 aromatic heterocycles. The van der Waals surface area contributed by atoms with Crippen LogP contribution in [0.1, 0.15) is 62.4 Å². The van der Waals surface area contributed by atoms with Crippen molar-refractivity contribution in [3.63, 3.8) is 0 Å². The summed E-state index contributed by atoms with van der Waals surface area (Å²) in [5, 5.41) is 2.64. The number of amides is 1. The minimum Gasteiger partial charge on any atom is -0.322 e. The monoisotopic (exact) mass is 420 g/mol. The van der Waals surface area contributed by atoms with E-state index < -0.39 is 21.7 Å². The maximum atomic E-state index is 14.3. The summed E-state index contributed by atoms with van der Waals surface area (Å²) in [6, 6.07) is 10.6. The first-order chi connectivity index (χ1) is 13.7. The SMILES string of the molecule is CCCN(CCC)S(=O)(=O)c1ccc(F)c(C(=O)Nc2ccc(C(C)C)cc2)c1. The first-order valence-electron chi connectivity index (χ1n) is 9.91. The number of carbonyl (C=O) groups is 1. The minimum atomic E-state index is -3.80. The molecule has 0 saturated heterocycles. The number of anilines is 1. The summed E-state index contributed by atoms with van der Waals surface area (Å²) in [4.78, 5) is 12.5. The van der Waals surface area contributed by atoms with Gasteiger partial charge in [0.1, 0.15) is 5.82 Å². The highest BCUT2D eigenvalue weighted by atomic mass is 32.2. The number of hydrogen-bond donors (Lipinski definition) is 1. The van der Waals surface area contributed by atoms with Gasteiger partial charge in [-0.05, 0) is 54.7 Å². The van der Waals surface area contributed by atoms with Crippen molar-refractivity contribution >= 4 is 21.6 Å². The van der Waals surface area contributed by atoms with Crippen LogP contribution in [0.5, 0.6) is 0 Å². The summed E-state index contributed by atoms with van der Waals surface area (Å²) in [6.45, 7) is 8.66. The van der Waals surface area contributed by atoms with E-state index in [0.29, 0.717) is 37.5 Å². The molecule has 0 heterocycles. The Kier molecular flexibility index (Phi) is 7.93. The van der Waals surface area contributed by atoms with E-state index in [1.54, 1.807) is 12.1 Å². The van der Waals surface area contributed by atoms with Gasteiger partial charge in [-0.2, -0.15) is 4.31 Å². The summed E-state index contributed by atoms with van der Waals surface area (Å²) in [5.74, 6) is -1.10. The zero-order chi connectivity index (χ0) is 21.6. The van der Waals surface area contributed by atoms with Crippen LogP contribution in [0.15, 0.2) is 47.4 Å². The minimum absolute atomic E-state index is 0.0823. The van der Waals surface area contributed by atoms with Gasteiger partial charge in [0.25, 0.3) is 5.91 Å². The molecular formula is C22H29FN2O3S. The molecule has 2 aromatic rings. The molecule has 29 heavy (non-hydrogen) atoms. The van der Waals surface area contributed by atoms with Gasteiger partial charge < -0.3 is 5.32 Å². The van der Waals surface area contributed by atoms with Gasteiger partial charge in [-0.1, -0.05) is 39.8 Å². The van der Waals surface area contributed by atoms with Gasteiger partial charge in [0.05, 0.1) is 10.5 Å². The number of hydrogen-bond acceptors (Lipinski definition) is 3. The lowest BCUT2D eigenvalue weighted by molar-refractivity contribution is 0.102. The predicted octanol–water partition coefficient (Wildman–Crippen LogP) is 5.01. The van der Waals surface area contributed by atoms with Gasteiger partial charge in [-0.3, -0.25) is 4.79 Å². The van der Waals surface area contributed by atoms with E-state index in [2.05, 4.69) is 19.2 Å². The Morgan fingerprint density at radius 2 is 1.62 bits per heavy atom. The van der Waals surface area contributed by atoms with E-state index in [-0.39, 0.29) is 10.5 Å². The normalized spacial score (nSPS) is 11.8. The summed E-state index contributed by atoms with van der Waals surface area (Å²) in [6.07, 6.45) is 1.33. The third kappa shape index (κ3) is 5.64. The Balaban J connectivity index is 2.30. The van der Waals surface area contributed by atoms with Crippen molar-refractivity contribution in [1.82, 2.24) is 4.31 Å². The van der Waals surface area contributed by atoms with Crippen molar-refractivity contribution in [2.75, 3.05) is 18.4 Å². The fourth-order valence-corrected chi connectivity index (χ4v) is 4.64. The molecule has 0 saturated carbocycles. The molecule has 0 radical (unpaired) electrons. The van der Waals surface area contributed by atoms with Crippen LogP contribution in [0.2, 0.25) is 0 Å². The van der Waals surface area contributed by atoms with Gasteiger partial charge in [0.15, 0.2) is 0 Å². The second kappa shape index (κ2) is 9.98. The molecule has 1 N–H and O–H groups in total. The number of benzene rings is 2. The molecule has 1 amide bonds. The van der Waals surface area contributed by atoms with E-state index in [0.717, 1.165) is 17.7 Å². The average molecular weight is 421 g/mol. The summed E-state index contributed by atoms with van der Waals surface area (Å²) >= 11 is 0. The van der Waals surface area contributed by atoms with Gasteiger partial charge in [-0.15, -0.1) is 0 Å². The van der Waals surface area contributed by atoms with Crippen LogP contribution in [0.3, 0.4) is 0 Å². The third-order valence-corrected chi connectivity index (χ3v) is 6.50. The van der Waals surface area contributed by atoms with Crippen LogP contribution >= 0.6 is 0 Å². The van der Waals surface area contributed by atoms with Crippen molar-refractivity contribution < 1.29 is 17.6 Å². The molecule has 2 aromatic carbocycles. The molecule has 0 unspecified atom stereocenters. The third-order valence-electron chi connectivity index (χ3n) is 4.60. The molecule has 7 heteroatoms. The van der Waals surface area contributed by atoms with Gasteiger partial charge >= 0.3 is 0 Å². The van der Waals surface area contributed by atoms with Crippen molar-refractivity contribution in [3.05, 3.63) is 59.4 Å². The standard InChI is InChI=1S/C22H29FN2O3S/c1-5-13-25(14-6-2)29(27,28)19-11-12-21(23)20(15-19)22(26)24-18-9-7-17(8-10-18)16(3)4/h7-12,15-16H,5-6,13-14H2,1-4H3,(H,24,26). The first-order valence-corrected chi connectivity index (χ1v) is 11.4. The van der Waals surface area contributed by atoms with Crippen molar-refractivity contribution in [3.8, 4) is 0 Å². The number of rotatable bonds is 9.